The molecule has 0 saturated heterocycles. The fourth-order valence-corrected chi connectivity index (χ4v) is 1.57. The summed E-state index contributed by atoms with van der Waals surface area (Å²) in [5.41, 5.74) is 1.34. The molecule has 0 heterocycles. The lowest BCUT2D eigenvalue weighted by atomic mass is 10.0. The second kappa shape index (κ2) is 6.28. The Morgan fingerprint density at radius 3 is 2.24 bits per heavy atom. The first-order valence-electron chi connectivity index (χ1n) is 5.90. The zero-order chi connectivity index (χ0) is 12.8. The third kappa shape index (κ3) is 3.48. The van der Waals surface area contributed by atoms with Gasteiger partial charge in [-0.05, 0) is 18.4 Å². The van der Waals surface area contributed by atoms with Crippen molar-refractivity contribution in [1.29, 1.82) is 0 Å². The predicted octanol–water partition coefficient (Wildman–Crippen LogP) is 3.14. The molecule has 17 heavy (non-hydrogen) atoms. The first-order valence-corrected chi connectivity index (χ1v) is 5.90. The van der Waals surface area contributed by atoms with Crippen LogP contribution in [0.15, 0.2) is 24.3 Å². The summed E-state index contributed by atoms with van der Waals surface area (Å²) in [4.78, 5) is 22.9. The molecule has 0 spiro atoms. The zero-order valence-corrected chi connectivity index (χ0v) is 10.2. The van der Waals surface area contributed by atoms with Gasteiger partial charge in [-0.2, -0.15) is 0 Å². The Labute approximate surface area is 101 Å². The van der Waals surface area contributed by atoms with Crippen molar-refractivity contribution >= 4 is 11.6 Å². The van der Waals surface area contributed by atoms with Crippen LogP contribution in [0.2, 0.25) is 0 Å². The van der Waals surface area contributed by atoms with Crippen LogP contribution in [0.25, 0.3) is 0 Å². The van der Waals surface area contributed by atoms with Gasteiger partial charge in [-0.3, -0.25) is 9.59 Å². The molecule has 1 rings (SSSR count). The van der Waals surface area contributed by atoms with Gasteiger partial charge in [0, 0.05) is 12.0 Å². The molecule has 0 aliphatic heterocycles. The van der Waals surface area contributed by atoms with Gasteiger partial charge in [-0.1, -0.05) is 38.1 Å². The molecule has 1 aromatic rings. The smallest absolute Gasteiger partial charge is 0.220 e. The molecule has 0 aromatic heterocycles. The van der Waals surface area contributed by atoms with Crippen molar-refractivity contribution in [1.82, 2.24) is 0 Å². The average Bonchev–Trinajstić information content (AvgIpc) is 2.37. The summed E-state index contributed by atoms with van der Waals surface area (Å²) in [6.45, 7) is 3.78. The highest BCUT2D eigenvalue weighted by atomic mass is 19.1. The summed E-state index contributed by atoms with van der Waals surface area (Å²) in [6.07, 6.45) is -0.480. The van der Waals surface area contributed by atoms with Gasteiger partial charge < -0.3 is 0 Å². The fraction of sp³-hybridized carbons (Fsp3) is 0.429. The van der Waals surface area contributed by atoms with Gasteiger partial charge in [0.05, 0.1) is 0 Å². The van der Waals surface area contributed by atoms with Gasteiger partial charge >= 0.3 is 0 Å². The van der Waals surface area contributed by atoms with Crippen molar-refractivity contribution in [3.8, 4) is 0 Å². The molecule has 0 saturated carbocycles. The first kappa shape index (κ1) is 13.6. The minimum Gasteiger partial charge on any atom is -0.296 e. The summed E-state index contributed by atoms with van der Waals surface area (Å²) in [7, 11) is 0. The number of aryl methyl sites for hydroxylation is 1. The molecule has 1 atom stereocenters. The molecule has 92 valence electrons. The van der Waals surface area contributed by atoms with E-state index in [4.69, 9.17) is 0 Å². The summed E-state index contributed by atoms with van der Waals surface area (Å²) >= 11 is 0. The summed E-state index contributed by atoms with van der Waals surface area (Å²) < 4.78 is 13.5. The monoisotopic (exact) mass is 236 g/mol. The van der Waals surface area contributed by atoms with Crippen molar-refractivity contribution < 1.29 is 14.0 Å². The van der Waals surface area contributed by atoms with Gasteiger partial charge in [0.1, 0.15) is 0 Å². The van der Waals surface area contributed by atoms with E-state index in [1.165, 1.54) is 0 Å². The van der Waals surface area contributed by atoms with E-state index in [-0.39, 0.29) is 12.0 Å². The van der Waals surface area contributed by atoms with Gasteiger partial charge in [-0.15, -0.1) is 0 Å². The van der Waals surface area contributed by atoms with Crippen molar-refractivity contribution in [2.24, 2.45) is 0 Å². The SMILES string of the molecule is CCCC(=O)C(F)C(=O)c1ccc(CC)cc1. The highest BCUT2D eigenvalue weighted by Crippen LogP contribution is 2.11. The van der Waals surface area contributed by atoms with E-state index >= 15 is 0 Å². The van der Waals surface area contributed by atoms with E-state index in [1.807, 2.05) is 6.92 Å². The first-order chi connectivity index (χ1) is 8.10. The molecular formula is C14H17FO2. The van der Waals surface area contributed by atoms with Crippen LogP contribution in [0.1, 0.15) is 42.6 Å². The minimum atomic E-state index is -2.01. The topological polar surface area (TPSA) is 34.1 Å². The number of carbonyl (C=O) groups excluding carboxylic acids is 2. The highest BCUT2D eigenvalue weighted by molar-refractivity contribution is 6.13. The maximum atomic E-state index is 13.5. The van der Waals surface area contributed by atoms with Gasteiger partial charge in [0.25, 0.3) is 0 Å². The predicted molar refractivity (Wildman–Crippen MR) is 65.0 cm³/mol. The number of hydrogen-bond donors (Lipinski definition) is 0. The summed E-state index contributed by atoms with van der Waals surface area (Å²) in [6, 6.07) is 6.72. The third-order valence-corrected chi connectivity index (χ3v) is 2.66. The van der Waals surface area contributed by atoms with Crippen LogP contribution in [0.5, 0.6) is 0 Å². The normalized spacial score (nSPS) is 12.2. The molecule has 0 fully saturated rings. The minimum absolute atomic E-state index is 0.111. The molecule has 1 aromatic carbocycles. The molecule has 0 bridgehead atoms. The lowest BCUT2D eigenvalue weighted by molar-refractivity contribution is -0.122. The second-order valence-corrected chi connectivity index (χ2v) is 3.99. The molecule has 0 amide bonds. The molecule has 3 heteroatoms. The van der Waals surface area contributed by atoms with Gasteiger partial charge in [-0.25, -0.2) is 4.39 Å². The maximum absolute atomic E-state index is 13.5. The van der Waals surface area contributed by atoms with Gasteiger partial charge in [0.2, 0.25) is 12.0 Å². The molecule has 0 aliphatic rings. The number of alkyl halides is 1. The molecule has 0 aliphatic carbocycles. The number of ketones is 2. The fourth-order valence-electron chi connectivity index (χ4n) is 1.57. The lowest BCUT2D eigenvalue weighted by Gasteiger charge is -2.06. The van der Waals surface area contributed by atoms with E-state index in [0.29, 0.717) is 6.42 Å². The quantitative estimate of drug-likeness (QED) is 0.561. The van der Waals surface area contributed by atoms with Crippen molar-refractivity contribution in [2.75, 3.05) is 0 Å². The Hall–Kier alpha value is -1.51. The molecule has 2 nitrogen and oxygen atoms in total. The zero-order valence-electron chi connectivity index (χ0n) is 10.2. The van der Waals surface area contributed by atoms with Crippen LogP contribution in [0, 0.1) is 0 Å². The van der Waals surface area contributed by atoms with E-state index in [9.17, 15) is 14.0 Å². The Morgan fingerprint density at radius 1 is 1.18 bits per heavy atom. The van der Waals surface area contributed by atoms with E-state index in [2.05, 4.69) is 0 Å². The number of halogens is 1. The van der Waals surface area contributed by atoms with Crippen molar-refractivity contribution in [3.63, 3.8) is 0 Å². The molecule has 1 unspecified atom stereocenters. The van der Waals surface area contributed by atoms with Crippen LogP contribution in [0.3, 0.4) is 0 Å². The number of rotatable bonds is 6. The standard InChI is InChI=1S/C14H17FO2/c1-3-5-12(16)13(15)14(17)11-8-6-10(4-2)7-9-11/h6-9,13H,3-5H2,1-2H3. The Bertz CT molecular complexity index is 395. The largest absolute Gasteiger partial charge is 0.296 e. The third-order valence-electron chi connectivity index (χ3n) is 2.66. The Kier molecular flexibility index (Phi) is 5.01. The van der Waals surface area contributed by atoms with Crippen LogP contribution in [0.4, 0.5) is 4.39 Å². The molecule has 0 radical (unpaired) electrons. The summed E-state index contributed by atoms with van der Waals surface area (Å²) in [5.74, 6) is -1.36. The van der Waals surface area contributed by atoms with Crippen LogP contribution in [-0.2, 0) is 11.2 Å². The van der Waals surface area contributed by atoms with Crippen LogP contribution in [-0.4, -0.2) is 17.7 Å². The van der Waals surface area contributed by atoms with Crippen LogP contribution >= 0.6 is 0 Å². The van der Waals surface area contributed by atoms with Crippen molar-refractivity contribution in [3.05, 3.63) is 35.4 Å². The van der Waals surface area contributed by atoms with Crippen LogP contribution < -0.4 is 0 Å². The number of hydrogen-bond acceptors (Lipinski definition) is 2. The number of Topliss-reactive ketones (excluding diaryl/α,β-unsaturated/α-hetero) is 2. The van der Waals surface area contributed by atoms with Gasteiger partial charge in [0.15, 0.2) is 5.78 Å². The molecular weight excluding hydrogens is 219 g/mol. The molecule has 0 N–H and O–H groups in total. The van der Waals surface area contributed by atoms with E-state index in [0.717, 1.165) is 12.0 Å². The lowest BCUT2D eigenvalue weighted by Crippen LogP contribution is -2.25. The Balaban J connectivity index is 2.77. The maximum Gasteiger partial charge on any atom is 0.220 e. The highest BCUT2D eigenvalue weighted by Gasteiger charge is 2.25. The van der Waals surface area contributed by atoms with E-state index < -0.39 is 17.7 Å². The van der Waals surface area contributed by atoms with Crippen molar-refractivity contribution in [2.45, 2.75) is 39.3 Å². The number of benzene rings is 1. The van der Waals surface area contributed by atoms with E-state index in [1.54, 1.807) is 31.2 Å². The Morgan fingerprint density at radius 2 is 1.76 bits per heavy atom. The summed E-state index contributed by atoms with van der Waals surface area (Å²) in [5, 5.41) is 0. The average molecular weight is 236 g/mol. The number of carbonyl (C=O) groups is 2. The second-order valence-electron chi connectivity index (χ2n) is 3.99.